The number of rotatable bonds is 9. The van der Waals surface area contributed by atoms with Gasteiger partial charge in [0, 0.05) is 52.7 Å². The van der Waals surface area contributed by atoms with E-state index in [-0.39, 0.29) is 17.6 Å². The Hall–Kier alpha value is -0.670. The minimum Gasteiger partial charge on any atom is -0.355 e. The molecule has 1 fully saturated rings. The predicted octanol–water partition coefficient (Wildman–Crippen LogP) is 5.89. The van der Waals surface area contributed by atoms with E-state index in [4.69, 9.17) is 46.4 Å². The van der Waals surface area contributed by atoms with Crippen LogP contribution in [0.15, 0.2) is 36.4 Å². The molecule has 2 aromatic rings. The van der Waals surface area contributed by atoms with Gasteiger partial charge in [-0.2, -0.15) is 11.8 Å². The van der Waals surface area contributed by atoms with Gasteiger partial charge in [0.05, 0.1) is 15.8 Å². The number of thioether (sulfide) groups is 1. The zero-order valence-electron chi connectivity index (χ0n) is 17.7. The second-order valence-corrected chi connectivity index (χ2v) is 12.4. The Balaban J connectivity index is 1.40. The van der Waals surface area contributed by atoms with Crippen molar-refractivity contribution in [2.45, 2.75) is 24.3 Å². The predicted molar refractivity (Wildman–Crippen MR) is 139 cm³/mol. The van der Waals surface area contributed by atoms with E-state index < -0.39 is 10.0 Å². The number of nitrogens with one attached hydrogen (secondary N) is 1. The van der Waals surface area contributed by atoms with Gasteiger partial charge in [-0.1, -0.05) is 58.5 Å². The van der Waals surface area contributed by atoms with Gasteiger partial charge in [-0.15, -0.1) is 0 Å². The maximum atomic E-state index is 12.8. The van der Waals surface area contributed by atoms with Crippen molar-refractivity contribution in [2.75, 3.05) is 25.4 Å². The first-order valence-electron chi connectivity index (χ1n) is 10.4. The lowest BCUT2D eigenvalue weighted by Gasteiger charge is -2.30. The monoisotopic (exact) mass is 568 g/mol. The molecule has 0 bridgehead atoms. The number of hydrogen-bond acceptors (Lipinski definition) is 4. The summed E-state index contributed by atoms with van der Waals surface area (Å²) in [6.45, 7) is 1.15. The van der Waals surface area contributed by atoms with Crippen LogP contribution in [0.1, 0.15) is 24.0 Å². The Morgan fingerprint density at radius 2 is 1.67 bits per heavy atom. The molecular weight excluding hydrogens is 546 g/mol. The summed E-state index contributed by atoms with van der Waals surface area (Å²) in [7, 11) is -3.58. The molecule has 1 saturated heterocycles. The van der Waals surface area contributed by atoms with Gasteiger partial charge < -0.3 is 5.32 Å². The second kappa shape index (κ2) is 12.3. The number of piperidine rings is 1. The number of carbonyl (C=O) groups excluding carboxylic acids is 1. The molecule has 0 saturated carbocycles. The molecule has 2 aromatic carbocycles. The molecule has 11 heteroatoms. The molecule has 0 atom stereocenters. The van der Waals surface area contributed by atoms with Crippen molar-refractivity contribution in [1.29, 1.82) is 0 Å². The number of hydrogen-bond donors (Lipinski definition) is 1. The number of nitrogens with zero attached hydrogens (tertiary/aromatic N) is 1. The molecule has 1 aliphatic rings. The van der Waals surface area contributed by atoms with Crippen LogP contribution in [0.2, 0.25) is 20.1 Å². The fourth-order valence-corrected chi connectivity index (χ4v) is 6.99. The maximum absolute atomic E-state index is 12.8. The van der Waals surface area contributed by atoms with Crippen LogP contribution in [0.3, 0.4) is 0 Å². The third-order valence-electron chi connectivity index (χ3n) is 5.40. The normalized spacial score (nSPS) is 15.5. The summed E-state index contributed by atoms with van der Waals surface area (Å²) in [6.07, 6.45) is 0.968. The Morgan fingerprint density at radius 1 is 1.00 bits per heavy atom. The number of benzene rings is 2. The summed E-state index contributed by atoms with van der Waals surface area (Å²) >= 11 is 25.9. The van der Waals surface area contributed by atoms with Crippen molar-refractivity contribution in [3.63, 3.8) is 0 Å². The first-order chi connectivity index (χ1) is 15.7. The maximum Gasteiger partial charge on any atom is 0.223 e. The lowest BCUT2D eigenvalue weighted by atomic mass is 9.97. The van der Waals surface area contributed by atoms with Gasteiger partial charge in [0.15, 0.2) is 0 Å². The summed E-state index contributed by atoms with van der Waals surface area (Å²) in [6, 6.07) is 10.5. The third-order valence-corrected chi connectivity index (χ3v) is 9.69. The van der Waals surface area contributed by atoms with Crippen molar-refractivity contribution >= 4 is 74.1 Å². The summed E-state index contributed by atoms with van der Waals surface area (Å²) in [4.78, 5) is 12.5. The molecule has 3 rings (SSSR count). The van der Waals surface area contributed by atoms with Gasteiger partial charge in [0.25, 0.3) is 0 Å². The summed E-state index contributed by atoms with van der Waals surface area (Å²) in [5.41, 5.74) is 1.48. The molecule has 180 valence electrons. The molecule has 1 aliphatic heterocycles. The van der Waals surface area contributed by atoms with E-state index in [1.807, 2.05) is 12.1 Å². The molecule has 33 heavy (non-hydrogen) atoms. The molecule has 1 heterocycles. The quantitative estimate of drug-likeness (QED) is 0.382. The van der Waals surface area contributed by atoms with E-state index in [0.29, 0.717) is 58.1 Å². The van der Waals surface area contributed by atoms with Crippen LogP contribution in [0, 0.1) is 5.92 Å². The number of sulfonamides is 1. The zero-order valence-corrected chi connectivity index (χ0v) is 22.4. The smallest absolute Gasteiger partial charge is 0.223 e. The molecular formula is C22H24Cl4N2O3S2. The lowest BCUT2D eigenvalue weighted by molar-refractivity contribution is -0.125. The van der Waals surface area contributed by atoms with E-state index in [0.717, 1.165) is 17.1 Å². The van der Waals surface area contributed by atoms with E-state index in [2.05, 4.69) is 5.32 Å². The van der Waals surface area contributed by atoms with Crippen LogP contribution >= 0.6 is 58.2 Å². The molecule has 0 aliphatic carbocycles. The first kappa shape index (κ1) is 26.9. The van der Waals surface area contributed by atoms with Gasteiger partial charge in [-0.25, -0.2) is 12.7 Å². The minimum atomic E-state index is -3.58. The van der Waals surface area contributed by atoms with Gasteiger partial charge in [0.2, 0.25) is 15.9 Å². The SMILES string of the molecule is O=C(NCCSCc1ccc(Cl)c(Cl)c1)C1CCN(S(=O)(=O)Cc2c(Cl)cccc2Cl)CC1. The van der Waals surface area contributed by atoms with Crippen LogP contribution in [0.4, 0.5) is 0 Å². The molecule has 0 spiro atoms. The van der Waals surface area contributed by atoms with Crippen molar-refractivity contribution in [3.05, 3.63) is 67.6 Å². The molecule has 1 amide bonds. The molecule has 5 nitrogen and oxygen atoms in total. The third kappa shape index (κ3) is 7.66. The highest BCUT2D eigenvalue weighted by molar-refractivity contribution is 7.98. The number of amides is 1. The van der Waals surface area contributed by atoms with E-state index in [1.54, 1.807) is 36.0 Å². The van der Waals surface area contributed by atoms with Crippen LogP contribution in [0.5, 0.6) is 0 Å². The highest BCUT2D eigenvalue weighted by atomic mass is 35.5. The van der Waals surface area contributed by atoms with E-state index >= 15 is 0 Å². The summed E-state index contributed by atoms with van der Waals surface area (Å²) < 4.78 is 27.1. The molecule has 0 unspecified atom stereocenters. The van der Waals surface area contributed by atoms with Crippen molar-refractivity contribution in [1.82, 2.24) is 9.62 Å². The van der Waals surface area contributed by atoms with Crippen LogP contribution in [-0.2, 0) is 26.3 Å². The minimum absolute atomic E-state index is 0.0312. The Labute approximate surface area is 219 Å². The highest BCUT2D eigenvalue weighted by Crippen LogP contribution is 2.29. The van der Waals surface area contributed by atoms with Crippen LogP contribution < -0.4 is 5.32 Å². The summed E-state index contributed by atoms with van der Waals surface area (Å²) in [5.74, 6) is 1.06. The van der Waals surface area contributed by atoms with Gasteiger partial charge in [0.1, 0.15) is 0 Å². The van der Waals surface area contributed by atoms with Crippen molar-refractivity contribution in [3.8, 4) is 0 Å². The van der Waals surface area contributed by atoms with Crippen LogP contribution in [-0.4, -0.2) is 44.0 Å². The second-order valence-electron chi connectivity index (χ2n) is 7.72. The Bertz CT molecular complexity index is 1070. The Morgan fingerprint density at radius 3 is 2.30 bits per heavy atom. The Kier molecular flexibility index (Phi) is 10.1. The van der Waals surface area contributed by atoms with Crippen molar-refractivity contribution in [2.24, 2.45) is 5.92 Å². The molecule has 0 aromatic heterocycles. The first-order valence-corrected chi connectivity index (χ1v) is 14.6. The fraction of sp³-hybridized carbons (Fsp3) is 0.409. The fourth-order valence-electron chi connectivity index (χ4n) is 3.55. The average Bonchev–Trinajstić information content (AvgIpc) is 2.78. The zero-order chi connectivity index (χ0) is 24.0. The highest BCUT2D eigenvalue weighted by Gasteiger charge is 2.31. The van der Waals surface area contributed by atoms with E-state index in [9.17, 15) is 13.2 Å². The number of halogens is 4. The number of carbonyl (C=O) groups is 1. The van der Waals surface area contributed by atoms with Gasteiger partial charge in [-0.05, 0) is 42.7 Å². The molecule has 0 radical (unpaired) electrons. The van der Waals surface area contributed by atoms with Gasteiger partial charge in [-0.3, -0.25) is 4.79 Å². The molecule has 1 N–H and O–H groups in total. The largest absolute Gasteiger partial charge is 0.355 e. The topological polar surface area (TPSA) is 66.5 Å². The average molecular weight is 570 g/mol. The summed E-state index contributed by atoms with van der Waals surface area (Å²) in [5, 5.41) is 4.68. The van der Waals surface area contributed by atoms with Gasteiger partial charge >= 0.3 is 0 Å². The lowest BCUT2D eigenvalue weighted by Crippen LogP contribution is -2.43. The van der Waals surface area contributed by atoms with E-state index in [1.165, 1.54) is 4.31 Å². The van der Waals surface area contributed by atoms with Crippen molar-refractivity contribution < 1.29 is 13.2 Å². The van der Waals surface area contributed by atoms with Crippen LogP contribution in [0.25, 0.3) is 0 Å². The standard InChI is InChI=1S/C22H24Cl4N2O3S2/c23-18-2-1-3-19(24)17(18)14-33(30,31)28-9-6-16(7-10-28)22(29)27-8-11-32-13-15-4-5-20(25)21(26)12-15/h1-5,12,16H,6-11,13-14H2,(H,27,29).